The maximum absolute atomic E-state index is 5.63. The summed E-state index contributed by atoms with van der Waals surface area (Å²) in [4.78, 5) is 2.55. The lowest BCUT2D eigenvalue weighted by atomic mass is 10.1. The number of ether oxygens (including phenoxy) is 2. The largest absolute Gasteiger partial charge is 0.352 e. The summed E-state index contributed by atoms with van der Waals surface area (Å²) >= 11 is 0. The molecule has 3 nitrogen and oxygen atoms in total. The quantitative estimate of drug-likeness (QED) is 0.551. The molecule has 0 aliphatic heterocycles. The molecular formula is C14H29NO2. The van der Waals surface area contributed by atoms with Gasteiger partial charge in [0.05, 0.1) is 0 Å². The molecule has 0 aromatic heterocycles. The normalized spacial score (nSPS) is 16.4. The molecule has 0 N–H and O–H groups in total. The minimum absolute atomic E-state index is 0.0437. The van der Waals surface area contributed by atoms with Gasteiger partial charge in [0, 0.05) is 25.8 Å². The number of nitrogens with zero attached hydrogens (tertiary/aromatic N) is 1. The standard InChI is InChI=1S/C14H29NO2/c1-5-16-14(17-6-2)11-15(13-7-8-13)10-9-12(3)4/h12-14H,5-11H2,1-4H3. The summed E-state index contributed by atoms with van der Waals surface area (Å²) in [6.07, 6.45) is 3.92. The summed E-state index contributed by atoms with van der Waals surface area (Å²) in [6.45, 7) is 12.2. The van der Waals surface area contributed by atoms with Crippen LogP contribution in [0.2, 0.25) is 0 Å². The molecule has 3 heteroatoms. The summed E-state index contributed by atoms with van der Waals surface area (Å²) in [7, 11) is 0. The molecule has 0 aromatic carbocycles. The van der Waals surface area contributed by atoms with Crippen molar-refractivity contribution >= 4 is 0 Å². The van der Waals surface area contributed by atoms with Gasteiger partial charge >= 0.3 is 0 Å². The Labute approximate surface area is 106 Å². The lowest BCUT2D eigenvalue weighted by molar-refractivity contribution is -0.148. The molecule has 0 amide bonds. The fourth-order valence-electron chi connectivity index (χ4n) is 2.00. The Balaban J connectivity index is 2.34. The van der Waals surface area contributed by atoms with Gasteiger partial charge in [-0.05, 0) is 45.6 Å². The maximum Gasteiger partial charge on any atom is 0.170 e. The molecule has 102 valence electrons. The Kier molecular flexibility index (Phi) is 7.09. The Morgan fingerprint density at radius 3 is 2.12 bits per heavy atom. The van der Waals surface area contributed by atoms with Crippen LogP contribution in [0.25, 0.3) is 0 Å². The molecule has 1 saturated carbocycles. The summed E-state index contributed by atoms with van der Waals surface area (Å²) in [6, 6.07) is 0.789. The van der Waals surface area contributed by atoms with Gasteiger partial charge in [-0.3, -0.25) is 4.90 Å². The molecule has 0 heterocycles. The topological polar surface area (TPSA) is 21.7 Å². The Hall–Kier alpha value is -0.120. The van der Waals surface area contributed by atoms with Crippen molar-refractivity contribution in [1.29, 1.82) is 0 Å². The van der Waals surface area contributed by atoms with E-state index in [4.69, 9.17) is 9.47 Å². The van der Waals surface area contributed by atoms with E-state index >= 15 is 0 Å². The number of hydrogen-bond acceptors (Lipinski definition) is 3. The zero-order valence-corrected chi connectivity index (χ0v) is 11.9. The van der Waals surface area contributed by atoms with Crippen molar-refractivity contribution in [3.8, 4) is 0 Å². The number of rotatable bonds is 10. The first kappa shape index (κ1) is 14.9. The number of hydrogen-bond donors (Lipinski definition) is 0. The van der Waals surface area contributed by atoms with Crippen LogP contribution in [0.4, 0.5) is 0 Å². The van der Waals surface area contributed by atoms with Gasteiger partial charge in [-0.2, -0.15) is 0 Å². The van der Waals surface area contributed by atoms with Crippen LogP contribution in [-0.4, -0.2) is 43.5 Å². The van der Waals surface area contributed by atoms with E-state index in [1.54, 1.807) is 0 Å². The van der Waals surface area contributed by atoms with Crippen LogP contribution in [0.15, 0.2) is 0 Å². The fourth-order valence-corrected chi connectivity index (χ4v) is 2.00. The Morgan fingerprint density at radius 2 is 1.71 bits per heavy atom. The third-order valence-electron chi connectivity index (χ3n) is 3.15. The molecule has 17 heavy (non-hydrogen) atoms. The van der Waals surface area contributed by atoms with E-state index in [2.05, 4.69) is 18.7 Å². The molecule has 0 atom stereocenters. The van der Waals surface area contributed by atoms with E-state index < -0.39 is 0 Å². The predicted molar refractivity (Wildman–Crippen MR) is 71.1 cm³/mol. The molecular weight excluding hydrogens is 214 g/mol. The fraction of sp³-hybridized carbons (Fsp3) is 1.00. The molecule has 0 bridgehead atoms. The van der Waals surface area contributed by atoms with Gasteiger partial charge in [0.1, 0.15) is 0 Å². The van der Waals surface area contributed by atoms with E-state index in [0.717, 1.165) is 31.7 Å². The van der Waals surface area contributed by atoms with Crippen LogP contribution >= 0.6 is 0 Å². The Bertz CT molecular complexity index is 187. The van der Waals surface area contributed by atoms with Crippen molar-refractivity contribution < 1.29 is 9.47 Å². The SMILES string of the molecule is CCOC(CN(CCC(C)C)C1CC1)OCC. The highest BCUT2D eigenvalue weighted by atomic mass is 16.7. The van der Waals surface area contributed by atoms with Gasteiger partial charge in [0.15, 0.2) is 6.29 Å². The second kappa shape index (κ2) is 8.06. The summed E-state index contributed by atoms with van der Waals surface area (Å²) in [5.41, 5.74) is 0. The minimum Gasteiger partial charge on any atom is -0.352 e. The second-order valence-electron chi connectivity index (χ2n) is 5.25. The van der Waals surface area contributed by atoms with Crippen LogP contribution < -0.4 is 0 Å². The van der Waals surface area contributed by atoms with Crippen molar-refractivity contribution in [1.82, 2.24) is 4.90 Å². The van der Waals surface area contributed by atoms with E-state index in [9.17, 15) is 0 Å². The third-order valence-corrected chi connectivity index (χ3v) is 3.15. The smallest absolute Gasteiger partial charge is 0.170 e. The molecule has 0 unspecified atom stereocenters. The van der Waals surface area contributed by atoms with Crippen molar-refractivity contribution in [3.63, 3.8) is 0 Å². The first-order chi connectivity index (χ1) is 8.17. The van der Waals surface area contributed by atoms with Gasteiger partial charge < -0.3 is 9.47 Å². The molecule has 1 rings (SSSR count). The second-order valence-corrected chi connectivity index (χ2v) is 5.25. The molecule has 0 saturated heterocycles. The van der Waals surface area contributed by atoms with Crippen LogP contribution in [-0.2, 0) is 9.47 Å². The predicted octanol–water partition coefficient (Wildman–Crippen LogP) is 2.90. The van der Waals surface area contributed by atoms with Crippen molar-refractivity contribution in [2.24, 2.45) is 5.92 Å². The first-order valence-corrected chi connectivity index (χ1v) is 7.14. The zero-order valence-electron chi connectivity index (χ0n) is 11.9. The van der Waals surface area contributed by atoms with Gasteiger partial charge in [0.25, 0.3) is 0 Å². The molecule has 1 aliphatic carbocycles. The van der Waals surface area contributed by atoms with Gasteiger partial charge in [-0.25, -0.2) is 0 Å². The molecule has 0 spiro atoms. The molecule has 1 aliphatic rings. The van der Waals surface area contributed by atoms with Crippen LogP contribution in [0.5, 0.6) is 0 Å². The van der Waals surface area contributed by atoms with E-state index in [1.807, 2.05) is 13.8 Å². The van der Waals surface area contributed by atoms with Crippen molar-refractivity contribution in [3.05, 3.63) is 0 Å². The average Bonchev–Trinajstić information content (AvgIpc) is 3.08. The third kappa shape index (κ3) is 6.39. The highest BCUT2D eigenvalue weighted by molar-refractivity contribution is 4.85. The van der Waals surface area contributed by atoms with E-state index in [1.165, 1.54) is 25.8 Å². The van der Waals surface area contributed by atoms with Crippen molar-refractivity contribution in [2.45, 2.75) is 59.3 Å². The maximum atomic E-state index is 5.63. The van der Waals surface area contributed by atoms with Gasteiger partial charge in [-0.15, -0.1) is 0 Å². The minimum atomic E-state index is -0.0437. The Morgan fingerprint density at radius 1 is 1.12 bits per heavy atom. The highest BCUT2D eigenvalue weighted by Crippen LogP contribution is 2.27. The summed E-state index contributed by atoms with van der Waals surface area (Å²) in [5.74, 6) is 0.772. The first-order valence-electron chi connectivity index (χ1n) is 7.14. The highest BCUT2D eigenvalue weighted by Gasteiger charge is 2.30. The van der Waals surface area contributed by atoms with E-state index in [-0.39, 0.29) is 6.29 Å². The van der Waals surface area contributed by atoms with Gasteiger partial charge in [-0.1, -0.05) is 13.8 Å². The van der Waals surface area contributed by atoms with Gasteiger partial charge in [0.2, 0.25) is 0 Å². The summed E-state index contributed by atoms with van der Waals surface area (Å²) in [5, 5.41) is 0. The molecule has 0 radical (unpaired) electrons. The monoisotopic (exact) mass is 243 g/mol. The summed E-state index contributed by atoms with van der Waals surface area (Å²) < 4.78 is 11.3. The molecule has 0 aromatic rings. The van der Waals surface area contributed by atoms with E-state index in [0.29, 0.717) is 0 Å². The molecule has 1 fully saturated rings. The van der Waals surface area contributed by atoms with Crippen molar-refractivity contribution in [2.75, 3.05) is 26.3 Å². The van der Waals surface area contributed by atoms with Crippen LogP contribution in [0.3, 0.4) is 0 Å². The van der Waals surface area contributed by atoms with Crippen LogP contribution in [0.1, 0.15) is 47.0 Å². The lowest BCUT2D eigenvalue weighted by Crippen LogP contribution is -2.38. The average molecular weight is 243 g/mol. The zero-order chi connectivity index (χ0) is 12.7. The van der Waals surface area contributed by atoms with Crippen LogP contribution in [0, 0.1) is 5.92 Å². The lowest BCUT2D eigenvalue weighted by Gasteiger charge is -2.27.